The van der Waals surface area contributed by atoms with E-state index < -0.39 is 0 Å². The molecule has 4 rings (SSSR count). The number of piperidine rings is 1. The van der Waals surface area contributed by atoms with E-state index in [1.807, 2.05) is 23.1 Å². The zero-order valence-corrected chi connectivity index (χ0v) is 16.0. The van der Waals surface area contributed by atoms with Crippen molar-refractivity contribution in [3.05, 3.63) is 77.4 Å². The van der Waals surface area contributed by atoms with Crippen molar-refractivity contribution < 1.29 is 9.53 Å². The van der Waals surface area contributed by atoms with Crippen LogP contribution in [0.1, 0.15) is 46.2 Å². The second-order valence-corrected chi connectivity index (χ2v) is 7.14. The monoisotopic (exact) mass is 376 g/mol. The van der Waals surface area contributed by atoms with Crippen LogP contribution >= 0.6 is 0 Å². The van der Waals surface area contributed by atoms with Gasteiger partial charge in [-0.05, 0) is 48.7 Å². The third-order valence-electron chi connectivity index (χ3n) is 5.21. The molecule has 3 aromatic rings. The molecular formula is C22H24N4O2. The van der Waals surface area contributed by atoms with Gasteiger partial charge >= 0.3 is 0 Å². The SMILES string of the molecule is COc1cccc(Cc2cccc(C3CCCN(C(=O)c4ccn[nH]4)C3)n2)c1. The molecule has 1 aromatic carbocycles. The molecule has 3 heterocycles. The van der Waals surface area contributed by atoms with E-state index in [0.29, 0.717) is 12.2 Å². The Labute approximate surface area is 164 Å². The third-order valence-corrected chi connectivity index (χ3v) is 5.21. The predicted octanol–water partition coefficient (Wildman–Crippen LogP) is 3.42. The highest BCUT2D eigenvalue weighted by Gasteiger charge is 2.27. The lowest BCUT2D eigenvalue weighted by atomic mass is 9.93. The average Bonchev–Trinajstić information content (AvgIpc) is 3.28. The van der Waals surface area contributed by atoms with Crippen molar-refractivity contribution in [2.75, 3.05) is 20.2 Å². The van der Waals surface area contributed by atoms with Crippen molar-refractivity contribution in [2.24, 2.45) is 0 Å². The predicted molar refractivity (Wildman–Crippen MR) is 107 cm³/mol. The van der Waals surface area contributed by atoms with E-state index in [2.05, 4.69) is 34.5 Å². The fraction of sp³-hybridized carbons (Fsp3) is 0.318. The number of carbonyl (C=O) groups is 1. The summed E-state index contributed by atoms with van der Waals surface area (Å²) in [6, 6.07) is 16.0. The maximum Gasteiger partial charge on any atom is 0.271 e. The first kappa shape index (κ1) is 18.2. The van der Waals surface area contributed by atoms with E-state index in [-0.39, 0.29) is 11.8 Å². The van der Waals surface area contributed by atoms with E-state index >= 15 is 0 Å². The fourth-order valence-electron chi connectivity index (χ4n) is 3.76. The van der Waals surface area contributed by atoms with Crippen LogP contribution in [0, 0.1) is 0 Å². The largest absolute Gasteiger partial charge is 0.497 e. The van der Waals surface area contributed by atoms with E-state index in [0.717, 1.165) is 42.9 Å². The molecular weight excluding hydrogens is 352 g/mol. The summed E-state index contributed by atoms with van der Waals surface area (Å²) in [5, 5.41) is 6.65. The number of aromatic amines is 1. The van der Waals surface area contributed by atoms with Crippen LogP contribution in [-0.4, -0.2) is 46.2 Å². The topological polar surface area (TPSA) is 71.1 Å². The summed E-state index contributed by atoms with van der Waals surface area (Å²) < 4.78 is 5.31. The van der Waals surface area contributed by atoms with Crippen LogP contribution in [0.5, 0.6) is 5.75 Å². The van der Waals surface area contributed by atoms with E-state index in [1.54, 1.807) is 19.4 Å². The van der Waals surface area contributed by atoms with Gasteiger partial charge in [0.1, 0.15) is 11.4 Å². The number of rotatable bonds is 5. The molecule has 28 heavy (non-hydrogen) atoms. The van der Waals surface area contributed by atoms with E-state index in [4.69, 9.17) is 9.72 Å². The van der Waals surface area contributed by atoms with Crippen LogP contribution in [0.4, 0.5) is 0 Å². The maximum absolute atomic E-state index is 12.6. The second-order valence-electron chi connectivity index (χ2n) is 7.14. The number of hydrogen-bond donors (Lipinski definition) is 1. The van der Waals surface area contributed by atoms with Gasteiger partial charge in [0.25, 0.3) is 5.91 Å². The number of aromatic nitrogens is 3. The van der Waals surface area contributed by atoms with Crippen LogP contribution < -0.4 is 4.74 Å². The van der Waals surface area contributed by atoms with E-state index in [1.165, 1.54) is 5.56 Å². The highest BCUT2D eigenvalue weighted by molar-refractivity contribution is 5.92. The Balaban J connectivity index is 1.48. The molecule has 6 nitrogen and oxygen atoms in total. The number of benzene rings is 1. The van der Waals surface area contributed by atoms with Gasteiger partial charge in [0.15, 0.2) is 0 Å². The van der Waals surface area contributed by atoms with Crippen molar-refractivity contribution in [3.63, 3.8) is 0 Å². The first-order valence-corrected chi connectivity index (χ1v) is 9.60. The number of hydrogen-bond acceptors (Lipinski definition) is 4. The molecule has 144 valence electrons. The standard InChI is InChI=1S/C22H24N4O2/c1-28-19-8-2-5-16(14-19)13-18-7-3-9-20(24-18)17-6-4-12-26(15-17)22(27)21-10-11-23-25-21/h2-3,5,7-11,14,17H,4,6,12-13,15H2,1H3,(H,23,25). The second kappa shape index (κ2) is 8.25. The molecule has 0 aliphatic carbocycles. The minimum Gasteiger partial charge on any atom is -0.497 e. The smallest absolute Gasteiger partial charge is 0.271 e. The van der Waals surface area contributed by atoms with Crippen LogP contribution in [0.15, 0.2) is 54.7 Å². The zero-order chi connectivity index (χ0) is 19.3. The van der Waals surface area contributed by atoms with Gasteiger partial charge < -0.3 is 9.64 Å². The Morgan fingerprint density at radius 3 is 2.96 bits per heavy atom. The lowest BCUT2D eigenvalue weighted by molar-refractivity contribution is 0.0700. The summed E-state index contributed by atoms with van der Waals surface area (Å²) in [6.45, 7) is 1.46. The van der Waals surface area contributed by atoms with Crippen LogP contribution in [-0.2, 0) is 6.42 Å². The summed E-state index contributed by atoms with van der Waals surface area (Å²) in [5.41, 5.74) is 3.80. The quantitative estimate of drug-likeness (QED) is 0.741. The zero-order valence-electron chi connectivity index (χ0n) is 16.0. The van der Waals surface area contributed by atoms with Crippen molar-refractivity contribution in [1.29, 1.82) is 0 Å². The van der Waals surface area contributed by atoms with Crippen LogP contribution in [0.3, 0.4) is 0 Å². The van der Waals surface area contributed by atoms with Gasteiger partial charge in [0.05, 0.1) is 7.11 Å². The normalized spacial score (nSPS) is 16.8. The van der Waals surface area contributed by atoms with Crippen LogP contribution in [0.25, 0.3) is 0 Å². The minimum atomic E-state index is 0.00901. The van der Waals surface area contributed by atoms with Gasteiger partial charge in [-0.1, -0.05) is 18.2 Å². The van der Waals surface area contributed by atoms with Gasteiger partial charge in [-0.15, -0.1) is 0 Å². The number of pyridine rings is 1. The van der Waals surface area contributed by atoms with Crippen LogP contribution in [0.2, 0.25) is 0 Å². The number of likely N-dealkylation sites (tertiary alicyclic amines) is 1. The number of H-pyrrole nitrogens is 1. The Bertz CT molecular complexity index is 939. The Hall–Kier alpha value is -3.15. The Kier molecular flexibility index (Phi) is 5.37. The molecule has 0 saturated carbocycles. The molecule has 1 N–H and O–H groups in total. The van der Waals surface area contributed by atoms with Gasteiger partial charge in [0.2, 0.25) is 0 Å². The molecule has 1 aliphatic heterocycles. The molecule has 1 unspecified atom stereocenters. The Morgan fingerprint density at radius 1 is 1.25 bits per heavy atom. The lowest BCUT2D eigenvalue weighted by Crippen LogP contribution is -2.39. The molecule has 1 saturated heterocycles. The highest BCUT2D eigenvalue weighted by Crippen LogP contribution is 2.27. The molecule has 2 aromatic heterocycles. The molecule has 0 spiro atoms. The summed E-state index contributed by atoms with van der Waals surface area (Å²) >= 11 is 0. The number of ether oxygens (including phenoxy) is 1. The van der Waals surface area contributed by atoms with Crippen molar-refractivity contribution in [3.8, 4) is 5.75 Å². The summed E-state index contributed by atoms with van der Waals surface area (Å²) in [4.78, 5) is 19.4. The lowest BCUT2D eigenvalue weighted by Gasteiger charge is -2.32. The average molecular weight is 376 g/mol. The molecule has 1 aliphatic rings. The van der Waals surface area contributed by atoms with Gasteiger partial charge in [-0.25, -0.2) is 0 Å². The first-order chi connectivity index (χ1) is 13.7. The minimum absolute atomic E-state index is 0.00901. The maximum atomic E-state index is 12.6. The number of carbonyl (C=O) groups excluding carboxylic acids is 1. The highest BCUT2D eigenvalue weighted by atomic mass is 16.5. The van der Waals surface area contributed by atoms with Crippen molar-refractivity contribution in [2.45, 2.75) is 25.2 Å². The summed E-state index contributed by atoms with van der Waals surface area (Å²) in [7, 11) is 1.68. The number of nitrogens with one attached hydrogen (secondary N) is 1. The third kappa shape index (κ3) is 4.06. The molecule has 1 fully saturated rings. The van der Waals surface area contributed by atoms with Gasteiger partial charge in [0, 0.05) is 43.0 Å². The summed E-state index contributed by atoms with van der Waals surface area (Å²) in [6.07, 6.45) is 4.39. The number of amides is 1. The molecule has 6 heteroatoms. The number of nitrogens with zero attached hydrogens (tertiary/aromatic N) is 3. The number of methoxy groups -OCH3 is 1. The molecule has 0 radical (unpaired) electrons. The van der Waals surface area contributed by atoms with Crippen molar-refractivity contribution >= 4 is 5.91 Å². The van der Waals surface area contributed by atoms with Gasteiger partial charge in [-0.3, -0.25) is 14.9 Å². The fourth-order valence-corrected chi connectivity index (χ4v) is 3.76. The first-order valence-electron chi connectivity index (χ1n) is 9.60. The van der Waals surface area contributed by atoms with Crippen molar-refractivity contribution in [1.82, 2.24) is 20.1 Å². The summed E-state index contributed by atoms with van der Waals surface area (Å²) in [5.74, 6) is 1.12. The molecule has 1 amide bonds. The molecule has 1 atom stereocenters. The van der Waals surface area contributed by atoms with Gasteiger partial charge in [-0.2, -0.15) is 5.10 Å². The van der Waals surface area contributed by atoms with E-state index in [9.17, 15) is 4.79 Å². The molecule has 0 bridgehead atoms. The Morgan fingerprint density at radius 2 is 2.14 bits per heavy atom.